The van der Waals surface area contributed by atoms with Crippen molar-refractivity contribution in [2.24, 2.45) is 0 Å². The van der Waals surface area contributed by atoms with Gasteiger partial charge in [-0.2, -0.15) is 0 Å². The standard InChI is InChI=1S/C60H40N2O/c1-2-17-41(18-3-1)44-20-15-22-47(40-44)61(46-37-35-42(36-38-46)43-19-14-21-45(39-43)48-28-16-29-54-53-27-8-13-34-59(53)63-60(48)54)55-30-9-4-23-49(55)50-24-5-10-31-56(50)62-57-32-11-6-25-51(57)52-26-7-12-33-58(52)62/h1-40H. The smallest absolute Gasteiger partial charge is 0.143 e. The molecule has 0 unspecified atom stereocenters. The van der Waals surface area contributed by atoms with Gasteiger partial charge in [-0.05, 0) is 88.5 Å². The average Bonchev–Trinajstić information content (AvgIpc) is 3.91. The SMILES string of the molecule is c1ccc(-c2cccc(N(c3ccc(-c4cccc(-c5cccc6c5oc5ccccc56)c4)cc3)c3ccccc3-c3ccccc3-n3c4ccccc4c4ccccc43)c2)cc1. The number of hydrogen-bond acceptors (Lipinski definition) is 2. The highest BCUT2D eigenvalue weighted by Gasteiger charge is 2.22. The van der Waals surface area contributed by atoms with Crippen molar-refractivity contribution in [3.8, 4) is 50.2 Å². The van der Waals surface area contributed by atoms with Gasteiger partial charge in [-0.3, -0.25) is 0 Å². The van der Waals surface area contributed by atoms with Crippen LogP contribution in [0.15, 0.2) is 247 Å². The van der Waals surface area contributed by atoms with Gasteiger partial charge in [-0.1, -0.05) is 182 Å². The molecule has 10 aromatic carbocycles. The first-order valence-corrected chi connectivity index (χ1v) is 21.5. The van der Waals surface area contributed by atoms with Crippen LogP contribution in [-0.4, -0.2) is 4.57 Å². The predicted octanol–water partition coefficient (Wildman–Crippen LogP) is 16.8. The summed E-state index contributed by atoms with van der Waals surface area (Å²) in [5.74, 6) is 0. The lowest BCUT2D eigenvalue weighted by Gasteiger charge is -2.29. The lowest BCUT2D eigenvalue weighted by atomic mass is 9.97. The van der Waals surface area contributed by atoms with Crippen LogP contribution >= 0.6 is 0 Å². The Labute approximate surface area is 366 Å². The average molecular weight is 805 g/mol. The number of nitrogens with zero attached hydrogens (tertiary/aromatic N) is 2. The van der Waals surface area contributed by atoms with E-state index in [-0.39, 0.29) is 0 Å². The van der Waals surface area contributed by atoms with Gasteiger partial charge in [0.05, 0.1) is 22.4 Å². The fourth-order valence-electron chi connectivity index (χ4n) is 9.50. The van der Waals surface area contributed by atoms with Crippen LogP contribution in [0.5, 0.6) is 0 Å². The summed E-state index contributed by atoms with van der Waals surface area (Å²) in [4.78, 5) is 2.41. The largest absolute Gasteiger partial charge is 0.455 e. The number of para-hydroxylation sites is 6. The quantitative estimate of drug-likeness (QED) is 0.153. The first kappa shape index (κ1) is 36.5. The van der Waals surface area contributed by atoms with Crippen LogP contribution in [0.4, 0.5) is 17.1 Å². The number of rotatable bonds is 8. The van der Waals surface area contributed by atoms with E-state index in [1.807, 2.05) is 12.1 Å². The number of furan rings is 1. The zero-order valence-electron chi connectivity index (χ0n) is 34.4. The number of anilines is 3. The number of hydrogen-bond donors (Lipinski definition) is 0. The fourth-order valence-corrected chi connectivity index (χ4v) is 9.50. The van der Waals surface area contributed by atoms with Gasteiger partial charge in [0.1, 0.15) is 11.2 Å². The number of fused-ring (bicyclic) bond motifs is 6. The molecule has 63 heavy (non-hydrogen) atoms. The third-order valence-electron chi connectivity index (χ3n) is 12.4. The fraction of sp³-hybridized carbons (Fsp3) is 0. The Morgan fingerprint density at radius 1 is 0.317 bits per heavy atom. The van der Waals surface area contributed by atoms with E-state index >= 15 is 0 Å². The van der Waals surface area contributed by atoms with Crippen LogP contribution in [0.3, 0.4) is 0 Å². The summed E-state index contributed by atoms with van der Waals surface area (Å²) in [6.07, 6.45) is 0. The molecular weight excluding hydrogens is 765 g/mol. The van der Waals surface area contributed by atoms with Crippen LogP contribution in [-0.2, 0) is 0 Å². The minimum atomic E-state index is 0.905. The topological polar surface area (TPSA) is 21.3 Å². The summed E-state index contributed by atoms with van der Waals surface area (Å²) in [5.41, 5.74) is 17.7. The minimum absolute atomic E-state index is 0.905. The molecule has 0 atom stereocenters. The van der Waals surface area contributed by atoms with E-state index in [0.717, 1.165) is 83.6 Å². The van der Waals surface area contributed by atoms with E-state index in [4.69, 9.17) is 4.42 Å². The van der Waals surface area contributed by atoms with Gasteiger partial charge in [0.25, 0.3) is 0 Å². The van der Waals surface area contributed by atoms with Gasteiger partial charge in [0.2, 0.25) is 0 Å². The van der Waals surface area contributed by atoms with Gasteiger partial charge in [-0.15, -0.1) is 0 Å². The van der Waals surface area contributed by atoms with Crippen molar-refractivity contribution in [3.63, 3.8) is 0 Å². The van der Waals surface area contributed by atoms with E-state index in [1.165, 1.54) is 27.4 Å². The van der Waals surface area contributed by atoms with Crippen LogP contribution in [0, 0.1) is 0 Å². The molecule has 2 heterocycles. The molecule has 0 spiro atoms. The maximum absolute atomic E-state index is 6.45. The Morgan fingerprint density at radius 3 is 1.65 bits per heavy atom. The zero-order chi connectivity index (χ0) is 41.7. The number of benzene rings is 10. The molecule has 0 saturated carbocycles. The summed E-state index contributed by atoms with van der Waals surface area (Å²) >= 11 is 0. The molecule has 0 N–H and O–H groups in total. The van der Waals surface area contributed by atoms with Crippen molar-refractivity contribution in [3.05, 3.63) is 243 Å². The highest BCUT2D eigenvalue weighted by Crippen LogP contribution is 2.45. The zero-order valence-corrected chi connectivity index (χ0v) is 34.4. The summed E-state index contributed by atoms with van der Waals surface area (Å²) < 4.78 is 8.87. The predicted molar refractivity (Wildman–Crippen MR) is 264 cm³/mol. The van der Waals surface area contributed by atoms with E-state index in [2.05, 4.69) is 240 Å². The normalized spacial score (nSPS) is 11.5. The molecule has 0 aliphatic heterocycles. The summed E-state index contributed by atoms with van der Waals surface area (Å²) in [7, 11) is 0. The monoisotopic (exact) mass is 804 g/mol. The molecule has 0 aliphatic carbocycles. The summed E-state index contributed by atoms with van der Waals surface area (Å²) in [6, 6.07) is 87.1. The van der Waals surface area contributed by atoms with Crippen molar-refractivity contribution < 1.29 is 4.42 Å². The lowest BCUT2D eigenvalue weighted by molar-refractivity contribution is 0.670. The Morgan fingerprint density at radius 2 is 0.857 bits per heavy atom. The van der Waals surface area contributed by atoms with Crippen molar-refractivity contribution in [2.45, 2.75) is 0 Å². The van der Waals surface area contributed by atoms with Crippen molar-refractivity contribution >= 4 is 60.8 Å². The summed E-state index contributed by atoms with van der Waals surface area (Å²) in [5, 5.41) is 4.75. The highest BCUT2D eigenvalue weighted by molar-refractivity contribution is 6.11. The second-order valence-corrected chi connectivity index (χ2v) is 16.1. The number of aromatic nitrogens is 1. The molecule has 3 heteroatoms. The Kier molecular flexibility index (Phi) is 8.83. The molecule has 2 aromatic heterocycles. The maximum atomic E-state index is 6.45. The maximum Gasteiger partial charge on any atom is 0.143 e. The molecule has 0 aliphatic rings. The van der Waals surface area contributed by atoms with E-state index in [9.17, 15) is 0 Å². The van der Waals surface area contributed by atoms with Crippen molar-refractivity contribution in [1.82, 2.24) is 4.57 Å². The van der Waals surface area contributed by atoms with E-state index in [1.54, 1.807) is 0 Å². The van der Waals surface area contributed by atoms with Crippen molar-refractivity contribution in [1.29, 1.82) is 0 Å². The molecule has 0 fully saturated rings. The first-order valence-electron chi connectivity index (χ1n) is 21.5. The Balaban J connectivity index is 0.999. The molecule has 0 radical (unpaired) electrons. The third kappa shape index (κ3) is 6.29. The molecule has 3 nitrogen and oxygen atoms in total. The van der Waals surface area contributed by atoms with Crippen LogP contribution in [0.2, 0.25) is 0 Å². The first-order chi connectivity index (χ1) is 31.3. The molecule has 296 valence electrons. The van der Waals surface area contributed by atoms with Crippen LogP contribution in [0.25, 0.3) is 93.9 Å². The van der Waals surface area contributed by atoms with Crippen molar-refractivity contribution in [2.75, 3.05) is 4.90 Å². The van der Waals surface area contributed by atoms with E-state index < -0.39 is 0 Å². The third-order valence-corrected chi connectivity index (χ3v) is 12.4. The molecular formula is C60H40N2O. The van der Waals surface area contributed by atoms with Crippen LogP contribution < -0.4 is 4.90 Å². The molecule has 0 bridgehead atoms. The van der Waals surface area contributed by atoms with Gasteiger partial charge < -0.3 is 13.9 Å². The molecule has 0 amide bonds. The van der Waals surface area contributed by atoms with Gasteiger partial charge in [0.15, 0.2) is 0 Å². The molecule has 12 aromatic rings. The van der Waals surface area contributed by atoms with Gasteiger partial charge in [-0.25, -0.2) is 0 Å². The lowest BCUT2D eigenvalue weighted by Crippen LogP contribution is -2.11. The molecule has 0 saturated heterocycles. The Hall–Kier alpha value is -8.40. The van der Waals surface area contributed by atoms with E-state index in [0.29, 0.717) is 0 Å². The highest BCUT2D eigenvalue weighted by atomic mass is 16.3. The minimum Gasteiger partial charge on any atom is -0.455 e. The van der Waals surface area contributed by atoms with Gasteiger partial charge >= 0.3 is 0 Å². The van der Waals surface area contributed by atoms with Crippen LogP contribution in [0.1, 0.15) is 0 Å². The second-order valence-electron chi connectivity index (χ2n) is 16.1. The Bertz CT molecular complexity index is 3580. The molecule has 12 rings (SSSR count). The second kappa shape index (κ2) is 15.3. The van der Waals surface area contributed by atoms with Gasteiger partial charge in [0, 0.05) is 49.6 Å². The summed E-state index contributed by atoms with van der Waals surface area (Å²) in [6.45, 7) is 0.